The molecule has 0 spiro atoms. The molecular weight excluding hydrogens is 309 g/mol. The van der Waals surface area contributed by atoms with Crippen molar-refractivity contribution in [3.63, 3.8) is 0 Å². The highest BCUT2D eigenvalue weighted by molar-refractivity contribution is 5.97. The van der Waals surface area contributed by atoms with Crippen LogP contribution in [0.5, 0.6) is 0 Å². The van der Waals surface area contributed by atoms with Crippen molar-refractivity contribution >= 4 is 5.91 Å². The summed E-state index contributed by atoms with van der Waals surface area (Å²) in [5.41, 5.74) is 1.19. The molecule has 1 aromatic heterocycles. The first kappa shape index (κ1) is 15.9. The van der Waals surface area contributed by atoms with Gasteiger partial charge in [0.1, 0.15) is 5.82 Å². The molecule has 1 atom stereocenters. The number of hydrogen-bond acceptors (Lipinski definition) is 3. The molecule has 1 unspecified atom stereocenters. The van der Waals surface area contributed by atoms with Gasteiger partial charge in [-0.25, -0.2) is 9.07 Å². The fourth-order valence-corrected chi connectivity index (χ4v) is 2.42. The molecule has 1 amide bonds. The Bertz CT molecular complexity index is 834. The fraction of sp³-hybridized carbons (Fsp3) is 0.111. The van der Waals surface area contributed by atoms with Crippen LogP contribution in [0.4, 0.5) is 4.39 Å². The number of amides is 1. The monoisotopic (exact) mass is 325 g/mol. The lowest BCUT2D eigenvalue weighted by atomic mass is 10.1. The summed E-state index contributed by atoms with van der Waals surface area (Å²) >= 11 is 0. The van der Waals surface area contributed by atoms with E-state index in [1.165, 1.54) is 12.1 Å². The number of aliphatic hydroxyl groups excluding tert-OH is 1. The van der Waals surface area contributed by atoms with Crippen molar-refractivity contribution in [1.29, 1.82) is 0 Å². The van der Waals surface area contributed by atoms with Crippen molar-refractivity contribution in [3.8, 4) is 5.69 Å². The molecule has 24 heavy (non-hydrogen) atoms. The van der Waals surface area contributed by atoms with Crippen molar-refractivity contribution < 1.29 is 14.3 Å². The van der Waals surface area contributed by atoms with Crippen LogP contribution >= 0.6 is 0 Å². The summed E-state index contributed by atoms with van der Waals surface area (Å²) < 4.78 is 15.2. The van der Waals surface area contributed by atoms with Crippen molar-refractivity contribution in [1.82, 2.24) is 15.1 Å². The number of aliphatic hydroxyl groups is 1. The molecule has 3 rings (SSSR count). The number of carbonyl (C=O) groups excluding carboxylic acids is 1. The third kappa shape index (κ3) is 3.33. The van der Waals surface area contributed by atoms with Gasteiger partial charge < -0.3 is 10.4 Å². The zero-order chi connectivity index (χ0) is 16.9. The average molecular weight is 325 g/mol. The Labute approximate surface area is 138 Å². The van der Waals surface area contributed by atoms with E-state index in [-0.39, 0.29) is 18.0 Å². The van der Waals surface area contributed by atoms with Crippen LogP contribution in [0.25, 0.3) is 5.69 Å². The number of carbonyl (C=O) groups is 1. The summed E-state index contributed by atoms with van der Waals surface area (Å²) in [5.74, 6) is -0.868. The topological polar surface area (TPSA) is 67.2 Å². The van der Waals surface area contributed by atoms with E-state index in [1.54, 1.807) is 53.5 Å². The number of nitrogens with one attached hydrogen (secondary N) is 1. The highest BCUT2D eigenvalue weighted by atomic mass is 19.1. The SMILES string of the molecule is O=C(NCC(O)c1ccccc1F)c1ccccc1-n1cccn1. The van der Waals surface area contributed by atoms with Crippen molar-refractivity contribution in [2.75, 3.05) is 6.54 Å². The molecule has 0 fully saturated rings. The smallest absolute Gasteiger partial charge is 0.253 e. The van der Waals surface area contributed by atoms with Gasteiger partial charge in [-0.2, -0.15) is 5.10 Å². The molecule has 0 bridgehead atoms. The normalized spacial score (nSPS) is 11.9. The third-order valence-corrected chi connectivity index (χ3v) is 3.62. The molecule has 2 aromatic carbocycles. The zero-order valence-electron chi connectivity index (χ0n) is 12.8. The molecule has 1 heterocycles. The molecular formula is C18H16FN3O2. The first-order valence-corrected chi connectivity index (χ1v) is 7.46. The maximum absolute atomic E-state index is 13.7. The van der Waals surface area contributed by atoms with E-state index < -0.39 is 11.9 Å². The second-order valence-electron chi connectivity index (χ2n) is 5.22. The minimum absolute atomic E-state index is 0.0901. The molecule has 5 nitrogen and oxygen atoms in total. The first-order valence-electron chi connectivity index (χ1n) is 7.46. The molecule has 6 heteroatoms. The lowest BCUT2D eigenvalue weighted by Crippen LogP contribution is -2.29. The summed E-state index contributed by atoms with van der Waals surface area (Å²) in [5, 5.41) is 16.8. The Balaban J connectivity index is 1.74. The van der Waals surface area contributed by atoms with Gasteiger partial charge in [0, 0.05) is 24.5 Å². The van der Waals surface area contributed by atoms with Crippen molar-refractivity contribution in [2.45, 2.75) is 6.10 Å². The lowest BCUT2D eigenvalue weighted by Gasteiger charge is -2.14. The predicted molar refractivity (Wildman–Crippen MR) is 87.3 cm³/mol. The second kappa shape index (κ2) is 7.06. The van der Waals surface area contributed by atoms with Gasteiger partial charge in [-0.15, -0.1) is 0 Å². The van der Waals surface area contributed by atoms with Crippen molar-refractivity contribution in [3.05, 3.63) is 83.9 Å². The molecule has 2 N–H and O–H groups in total. The zero-order valence-corrected chi connectivity index (χ0v) is 12.8. The number of halogens is 1. The third-order valence-electron chi connectivity index (χ3n) is 3.62. The molecule has 0 saturated carbocycles. The molecule has 0 radical (unpaired) electrons. The van der Waals surface area contributed by atoms with Crippen LogP contribution in [0, 0.1) is 5.82 Å². The second-order valence-corrected chi connectivity index (χ2v) is 5.22. The van der Waals surface area contributed by atoms with Gasteiger partial charge in [-0.05, 0) is 24.3 Å². The van der Waals surface area contributed by atoms with E-state index in [9.17, 15) is 14.3 Å². The minimum Gasteiger partial charge on any atom is -0.386 e. The van der Waals surface area contributed by atoms with Gasteiger partial charge in [-0.3, -0.25) is 4.79 Å². The van der Waals surface area contributed by atoms with Gasteiger partial charge in [0.25, 0.3) is 5.91 Å². The Hall–Kier alpha value is -2.99. The number of rotatable bonds is 5. The van der Waals surface area contributed by atoms with E-state index >= 15 is 0 Å². The van der Waals surface area contributed by atoms with Crippen molar-refractivity contribution in [2.24, 2.45) is 0 Å². The summed E-state index contributed by atoms with van der Waals surface area (Å²) in [6.45, 7) is -0.0901. The van der Waals surface area contributed by atoms with E-state index in [0.29, 0.717) is 11.3 Å². The Morgan fingerprint density at radius 1 is 1.17 bits per heavy atom. The van der Waals surface area contributed by atoms with Crippen LogP contribution < -0.4 is 5.32 Å². The number of benzene rings is 2. The number of para-hydroxylation sites is 1. The highest BCUT2D eigenvalue weighted by Crippen LogP contribution is 2.17. The Morgan fingerprint density at radius 2 is 1.92 bits per heavy atom. The average Bonchev–Trinajstić information content (AvgIpc) is 3.14. The summed E-state index contributed by atoms with van der Waals surface area (Å²) in [4.78, 5) is 12.4. The molecule has 0 aliphatic carbocycles. The van der Waals surface area contributed by atoms with E-state index in [1.807, 2.05) is 6.07 Å². The molecule has 3 aromatic rings. The summed E-state index contributed by atoms with van der Waals surface area (Å²) in [6.07, 6.45) is 2.24. The summed E-state index contributed by atoms with van der Waals surface area (Å²) in [6, 6.07) is 14.7. The molecule has 0 aliphatic rings. The van der Waals surface area contributed by atoms with Crippen LogP contribution in [0.15, 0.2) is 67.0 Å². The fourth-order valence-electron chi connectivity index (χ4n) is 2.42. The van der Waals surface area contributed by atoms with Gasteiger partial charge in [0.15, 0.2) is 0 Å². The maximum atomic E-state index is 13.7. The van der Waals surface area contributed by atoms with E-state index in [2.05, 4.69) is 10.4 Å². The molecule has 122 valence electrons. The van der Waals surface area contributed by atoms with Gasteiger partial charge >= 0.3 is 0 Å². The lowest BCUT2D eigenvalue weighted by molar-refractivity contribution is 0.0914. The largest absolute Gasteiger partial charge is 0.386 e. The van der Waals surface area contributed by atoms with Crippen LogP contribution in [0.2, 0.25) is 0 Å². The predicted octanol–water partition coefficient (Wildman–Crippen LogP) is 2.47. The number of aromatic nitrogens is 2. The molecule has 0 aliphatic heterocycles. The minimum atomic E-state index is -1.12. The van der Waals surface area contributed by atoms with Crippen LogP contribution in [-0.4, -0.2) is 27.3 Å². The van der Waals surface area contributed by atoms with Crippen LogP contribution in [0.1, 0.15) is 22.0 Å². The first-order chi connectivity index (χ1) is 11.7. The standard InChI is InChI=1S/C18H16FN3O2/c19-15-8-3-1-6-13(15)17(23)12-20-18(24)14-7-2-4-9-16(14)22-11-5-10-21-22/h1-11,17,23H,12H2,(H,20,24). The van der Waals surface area contributed by atoms with Crippen LogP contribution in [0.3, 0.4) is 0 Å². The quantitative estimate of drug-likeness (QED) is 0.757. The van der Waals surface area contributed by atoms with E-state index in [4.69, 9.17) is 0 Å². The van der Waals surface area contributed by atoms with Gasteiger partial charge in [0.2, 0.25) is 0 Å². The maximum Gasteiger partial charge on any atom is 0.253 e. The Morgan fingerprint density at radius 3 is 2.67 bits per heavy atom. The highest BCUT2D eigenvalue weighted by Gasteiger charge is 2.16. The number of hydrogen-bond donors (Lipinski definition) is 2. The summed E-state index contributed by atoms with van der Waals surface area (Å²) in [7, 11) is 0. The Kier molecular flexibility index (Phi) is 4.67. The molecule has 0 saturated heterocycles. The number of nitrogens with zero attached hydrogens (tertiary/aromatic N) is 2. The van der Waals surface area contributed by atoms with Crippen LogP contribution in [-0.2, 0) is 0 Å². The van der Waals surface area contributed by atoms with Gasteiger partial charge in [-0.1, -0.05) is 30.3 Å². The van der Waals surface area contributed by atoms with E-state index in [0.717, 1.165) is 0 Å². The van der Waals surface area contributed by atoms with Gasteiger partial charge in [0.05, 0.1) is 17.4 Å².